The van der Waals surface area contributed by atoms with Crippen LogP contribution in [0, 0.1) is 23.0 Å². The first kappa shape index (κ1) is 15.8. The van der Waals surface area contributed by atoms with E-state index in [9.17, 15) is 20.0 Å². The fourth-order valence-electron chi connectivity index (χ4n) is 2.48. The number of aromatic carboxylic acids is 1. The Kier molecular flexibility index (Phi) is 4.30. The molecule has 2 rings (SSSR count). The first-order chi connectivity index (χ1) is 10.3. The van der Waals surface area contributed by atoms with E-state index in [1.165, 1.54) is 12.1 Å². The van der Waals surface area contributed by atoms with Gasteiger partial charge in [0.25, 0.3) is 5.69 Å². The van der Waals surface area contributed by atoms with Gasteiger partial charge in [0.05, 0.1) is 10.5 Å². The Balaban J connectivity index is 2.63. The molecule has 0 fully saturated rings. The summed E-state index contributed by atoms with van der Waals surface area (Å²) in [6, 6.07) is 7.83. The van der Waals surface area contributed by atoms with Gasteiger partial charge in [0, 0.05) is 35.6 Å². The van der Waals surface area contributed by atoms with Crippen molar-refractivity contribution in [1.29, 1.82) is 0 Å². The summed E-state index contributed by atoms with van der Waals surface area (Å²) >= 11 is 0. The Morgan fingerprint density at radius 3 is 2.59 bits per heavy atom. The van der Waals surface area contributed by atoms with Crippen LogP contribution in [0.1, 0.15) is 29.9 Å². The van der Waals surface area contributed by atoms with Crippen LogP contribution in [-0.2, 0) is 6.54 Å². The summed E-state index contributed by atoms with van der Waals surface area (Å²) in [6.07, 6.45) is 0. The highest BCUT2D eigenvalue weighted by Gasteiger charge is 2.19. The molecule has 1 aromatic heterocycles. The zero-order valence-electron chi connectivity index (χ0n) is 12.7. The summed E-state index contributed by atoms with van der Waals surface area (Å²) < 4.78 is 1.91. The zero-order valence-corrected chi connectivity index (χ0v) is 12.7. The molecule has 22 heavy (non-hydrogen) atoms. The molecule has 1 aromatic carbocycles. The van der Waals surface area contributed by atoms with E-state index in [-0.39, 0.29) is 11.3 Å². The van der Waals surface area contributed by atoms with Crippen LogP contribution in [0.2, 0.25) is 0 Å². The third kappa shape index (κ3) is 3.00. The van der Waals surface area contributed by atoms with Crippen molar-refractivity contribution in [2.45, 2.75) is 27.3 Å². The first-order valence-corrected chi connectivity index (χ1v) is 6.99. The van der Waals surface area contributed by atoms with E-state index in [4.69, 9.17) is 0 Å². The maximum absolute atomic E-state index is 11.4. The number of hydrogen-bond donors (Lipinski definition) is 1. The van der Waals surface area contributed by atoms with Crippen LogP contribution in [0.3, 0.4) is 0 Å². The van der Waals surface area contributed by atoms with Gasteiger partial charge in [-0.15, -0.1) is 0 Å². The number of hydrogen-bond acceptors (Lipinski definition) is 3. The molecule has 0 bridgehead atoms. The lowest BCUT2D eigenvalue weighted by molar-refractivity contribution is -0.384. The molecule has 1 N–H and O–H groups in total. The second-order valence-electron chi connectivity index (χ2n) is 5.65. The maximum atomic E-state index is 11.4. The lowest BCUT2D eigenvalue weighted by Gasteiger charge is -2.14. The smallest absolute Gasteiger partial charge is 0.337 e. The number of benzene rings is 1. The van der Waals surface area contributed by atoms with Crippen LogP contribution in [-0.4, -0.2) is 20.6 Å². The van der Waals surface area contributed by atoms with Crippen LogP contribution in [0.25, 0.3) is 11.3 Å². The van der Waals surface area contributed by atoms with Crippen molar-refractivity contribution in [3.63, 3.8) is 0 Å². The Morgan fingerprint density at radius 1 is 1.36 bits per heavy atom. The summed E-state index contributed by atoms with van der Waals surface area (Å²) in [6.45, 7) is 6.48. The summed E-state index contributed by atoms with van der Waals surface area (Å²) in [7, 11) is 0. The molecule has 0 amide bonds. The maximum Gasteiger partial charge on any atom is 0.337 e. The van der Waals surface area contributed by atoms with E-state index in [0.29, 0.717) is 29.4 Å². The Hall–Kier alpha value is -2.63. The van der Waals surface area contributed by atoms with Crippen molar-refractivity contribution >= 4 is 11.7 Å². The number of carboxylic acids is 1. The lowest BCUT2D eigenvalue weighted by Crippen LogP contribution is -2.09. The standard InChI is InChI=1S/C16H18N2O4/c1-10(2)9-17-11(3)14(16(19)20)8-15(17)12-5-4-6-13(7-12)18(21)22/h4-8,10H,9H2,1-3H3,(H,19,20). The van der Waals surface area contributed by atoms with Gasteiger partial charge in [-0.25, -0.2) is 4.79 Å². The molecular formula is C16H18N2O4. The molecule has 1 heterocycles. The van der Waals surface area contributed by atoms with Gasteiger partial charge in [0.15, 0.2) is 0 Å². The van der Waals surface area contributed by atoms with Gasteiger partial charge in [-0.2, -0.15) is 0 Å². The molecule has 0 aliphatic heterocycles. The van der Waals surface area contributed by atoms with Gasteiger partial charge in [-0.05, 0) is 18.9 Å². The van der Waals surface area contributed by atoms with Gasteiger partial charge in [-0.3, -0.25) is 10.1 Å². The highest BCUT2D eigenvalue weighted by atomic mass is 16.6. The molecule has 2 aromatic rings. The van der Waals surface area contributed by atoms with E-state index >= 15 is 0 Å². The molecule has 6 heteroatoms. The first-order valence-electron chi connectivity index (χ1n) is 6.99. The van der Waals surface area contributed by atoms with Gasteiger partial charge in [0.2, 0.25) is 0 Å². The van der Waals surface area contributed by atoms with Crippen molar-refractivity contribution < 1.29 is 14.8 Å². The van der Waals surface area contributed by atoms with E-state index in [1.807, 2.05) is 18.4 Å². The van der Waals surface area contributed by atoms with Crippen molar-refractivity contribution in [2.24, 2.45) is 5.92 Å². The SMILES string of the molecule is Cc1c(C(=O)O)cc(-c2cccc([N+](=O)[O-])c2)n1CC(C)C. The molecule has 0 aliphatic rings. The summed E-state index contributed by atoms with van der Waals surface area (Å²) in [5.41, 5.74) is 2.20. The molecule has 0 unspecified atom stereocenters. The van der Waals surface area contributed by atoms with Gasteiger partial charge in [0.1, 0.15) is 0 Å². The molecule has 0 atom stereocenters. The second kappa shape index (κ2) is 6.01. The fourth-order valence-corrected chi connectivity index (χ4v) is 2.48. The van der Waals surface area contributed by atoms with E-state index in [0.717, 1.165) is 0 Å². The normalized spacial score (nSPS) is 10.9. The van der Waals surface area contributed by atoms with Crippen molar-refractivity contribution in [2.75, 3.05) is 0 Å². The predicted molar refractivity (Wildman–Crippen MR) is 83.1 cm³/mol. The largest absolute Gasteiger partial charge is 0.478 e. The highest BCUT2D eigenvalue weighted by Crippen LogP contribution is 2.29. The molecular weight excluding hydrogens is 284 g/mol. The Bertz CT molecular complexity index is 732. The third-order valence-electron chi connectivity index (χ3n) is 3.50. The van der Waals surface area contributed by atoms with Gasteiger partial charge in [-0.1, -0.05) is 26.0 Å². The Morgan fingerprint density at radius 2 is 2.05 bits per heavy atom. The van der Waals surface area contributed by atoms with Crippen LogP contribution >= 0.6 is 0 Å². The minimum absolute atomic E-state index is 0.00988. The quantitative estimate of drug-likeness (QED) is 0.673. The lowest BCUT2D eigenvalue weighted by atomic mass is 10.1. The van der Waals surface area contributed by atoms with Gasteiger partial charge < -0.3 is 9.67 Å². The summed E-state index contributed by atoms with van der Waals surface area (Å²) in [4.78, 5) is 21.8. The van der Waals surface area contributed by atoms with Crippen molar-refractivity contribution in [1.82, 2.24) is 4.57 Å². The number of non-ortho nitro benzene ring substituents is 1. The number of nitrogens with zero attached hydrogens (tertiary/aromatic N) is 2. The number of nitro benzene ring substituents is 1. The molecule has 0 saturated carbocycles. The fraction of sp³-hybridized carbons (Fsp3) is 0.312. The minimum atomic E-state index is -0.994. The van der Waals surface area contributed by atoms with E-state index in [2.05, 4.69) is 0 Å². The van der Waals surface area contributed by atoms with E-state index < -0.39 is 10.9 Å². The minimum Gasteiger partial charge on any atom is -0.478 e. The Labute approximate surface area is 128 Å². The van der Waals surface area contributed by atoms with Gasteiger partial charge >= 0.3 is 5.97 Å². The van der Waals surface area contributed by atoms with Crippen LogP contribution < -0.4 is 0 Å². The number of carbonyl (C=O) groups is 1. The predicted octanol–water partition coefficient (Wildman–Crippen LogP) is 3.73. The summed E-state index contributed by atoms with van der Waals surface area (Å²) in [5.74, 6) is -0.670. The van der Waals surface area contributed by atoms with Crippen LogP contribution in [0.15, 0.2) is 30.3 Å². The molecule has 0 aliphatic carbocycles. The van der Waals surface area contributed by atoms with Crippen molar-refractivity contribution in [3.05, 3.63) is 51.7 Å². The molecule has 0 spiro atoms. The molecule has 0 radical (unpaired) electrons. The van der Waals surface area contributed by atoms with Crippen LogP contribution in [0.4, 0.5) is 5.69 Å². The molecule has 0 saturated heterocycles. The monoisotopic (exact) mass is 302 g/mol. The van der Waals surface area contributed by atoms with E-state index in [1.54, 1.807) is 25.1 Å². The third-order valence-corrected chi connectivity index (χ3v) is 3.50. The second-order valence-corrected chi connectivity index (χ2v) is 5.65. The van der Waals surface area contributed by atoms with Crippen LogP contribution in [0.5, 0.6) is 0 Å². The van der Waals surface area contributed by atoms with Crippen molar-refractivity contribution in [3.8, 4) is 11.3 Å². The average Bonchev–Trinajstić information content (AvgIpc) is 2.76. The average molecular weight is 302 g/mol. The number of nitro groups is 1. The number of rotatable bonds is 5. The summed E-state index contributed by atoms with van der Waals surface area (Å²) in [5, 5.41) is 20.2. The topological polar surface area (TPSA) is 85.4 Å². The molecule has 116 valence electrons. The number of aromatic nitrogens is 1. The highest BCUT2D eigenvalue weighted by molar-refractivity contribution is 5.91. The molecule has 6 nitrogen and oxygen atoms in total. The zero-order chi connectivity index (χ0) is 16.4. The number of carboxylic acid groups (broad SMARTS) is 1.